The van der Waals surface area contributed by atoms with Crippen LogP contribution in [-0.4, -0.2) is 17.3 Å². The quantitative estimate of drug-likeness (QED) is 0.838. The summed E-state index contributed by atoms with van der Waals surface area (Å²) in [5, 5.41) is 13.4. The van der Waals surface area contributed by atoms with Gasteiger partial charge < -0.3 is 10.4 Å². The van der Waals surface area contributed by atoms with E-state index in [1.807, 2.05) is 0 Å². The van der Waals surface area contributed by atoms with Gasteiger partial charge in [0, 0.05) is 5.69 Å². The Morgan fingerprint density at radius 2 is 2.06 bits per heavy atom. The minimum absolute atomic E-state index is 0.0435. The third kappa shape index (κ3) is 1.85. The molecule has 2 saturated carbocycles. The van der Waals surface area contributed by atoms with Crippen molar-refractivity contribution in [2.24, 2.45) is 11.8 Å². The molecule has 0 aromatic heterocycles. The normalized spacial score (nSPS) is 35.2. The van der Waals surface area contributed by atoms with Crippen molar-refractivity contribution in [1.29, 1.82) is 0 Å². The highest BCUT2D eigenvalue weighted by atomic mass is 16.3. The lowest BCUT2D eigenvalue weighted by molar-refractivity contribution is 0.159. The maximum atomic E-state index is 9.79. The molecule has 2 aliphatic rings. The summed E-state index contributed by atoms with van der Waals surface area (Å²) in [5.41, 5.74) is 2.39. The molecule has 1 aromatic rings. The number of nitrogens with one attached hydrogen (secondary N) is 1. The number of aryl methyl sites for hydroxylation is 1. The summed E-state index contributed by atoms with van der Waals surface area (Å²) in [6, 6.07) is 8.50. The zero-order valence-corrected chi connectivity index (χ0v) is 10.4. The predicted molar refractivity (Wildman–Crippen MR) is 70.1 cm³/mol. The maximum absolute atomic E-state index is 9.79. The minimum atomic E-state index is -0.0435. The molecular formula is C15H21NO. The molecule has 2 heteroatoms. The largest absolute Gasteiger partial charge is 0.394 e. The molecule has 0 saturated heterocycles. The first kappa shape index (κ1) is 11.1. The van der Waals surface area contributed by atoms with Crippen molar-refractivity contribution in [1.82, 2.24) is 0 Å². The van der Waals surface area contributed by atoms with Gasteiger partial charge in [-0.05, 0) is 56.6 Å². The first-order valence-electron chi connectivity index (χ1n) is 6.67. The van der Waals surface area contributed by atoms with Crippen LogP contribution in [0.25, 0.3) is 0 Å². The second kappa shape index (κ2) is 4.02. The molecule has 2 nitrogen and oxygen atoms in total. The lowest BCUT2D eigenvalue weighted by Crippen LogP contribution is -2.46. The molecule has 0 spiro atoms. The molecule has 0 amide bonds. The van der Waals surface area contributed by atoms with E-state index in [0.29, 0.717) is 5.92 Å². The Balaban J connectivity index is 1.80. The summed E-state index contributed by atoms with van der Waals surface area (Å²) >= 11 is 0. The van der Waals surface area contributed by atoms with Gasteiger partial charge in [0.2, 0.25) is 0 Å². The van der Waals surface area contributed by atoms with Gasteiger partial charge in [-0.3, -0.25) is 0 Å². The average Bonchev–Trinajstić information content (AvgIpc) is 2.93. The van der Waals surface area contributed by atoms with Crippen LogP contribution in [0.3, 0.4) is 0 Å². The van der Waals surface area contributed by atoms with Gasteiger partial charge in [0.15, 0.2) is 0 Å². The number of aliphatic hydroxyl groups excluding tert-OH is 1. The number of anilines is 1. The molecule has 2 fully saturated rings. The van der Waals surface area contributed by atoms with Gasteiger partial charge in [-0.2, -0.15) is 0 Å². The zero-order chi connectivity index (χ0) is 11.9. The van der Waals surface area contributed by atoms with E-state index in [4.69, 9.17) is 0 Å². The predicted octanol–water partition coefficient (Wildman–Crippen LogP) is 2.96. The number of fused-ring (bicyclic) bond motifs is 2. The van der Waals surface area contributed by atoms with Gasteiger partial charge in [0.25, 0.3) is 0 Å². The first-order chi connectivity index (χ1) is 8.22. The molecular weight excluding hydrogens is 210 g/mol. The fraction of sp³-hybridized carbons (Fsp3) is 0.600. The Kier molecular flexibility index (Phi) is 2.62. The van der Waals surface area contributed by atoms with Crippen LogP contribution in [0.1, 0.15) is 31.2 Å². The van der Waals surface area contributed by atoms with E-state index in [-0.39, 0.29) is 12.1 Å². The molecule has 2 N–H and O–H groups in total. The fourth-order valence-electron chi connectivity index (χ4n) is 3.75. The molecule has 2 aliphatic carbocycles. The fourth-order valence-corrected chi connectivity index (χ4v) is 3.75. The summed E-state index contributed by atoms with van der Waals surface area (Å²) in [4.78, 5) is 0. The summed E-state index contributed by atoms with van der Waals surface area (Å²) in [5.74, 6) is 1.50. The summed E-state index contributed by atoms with van der Waals surface area (Å²) in [6.07, 6.45) is 5.09. The smallest absolute Gasteiger partial charge is 0.0664 e. The van der Waals surface area contributed by atoms with Crippen LogP contribution in [0, 0.1) is 18.8 Å². The molecule has 0 heterocycles. The minimum Gasteiger partial charge on any atom is -0.394 e. The molecule has 92 valence electrons. The van der Waals surface area contributed by atoms with Crippen molar-refractivity contribution >= 4 is 5.69 Å². The first-order valence-corrected chi connectivity index (χ1v) is 6.67. The maximum Gasteiger partial charge on any atom is 0.0664 e. The highest BCUT2D eigenvalue weighted by Gasteiger charge is 2.50. The molecule has 3 atom stereocenters. The van der Waals surface area contributed by atoms with Gasteiger partial charge in [0.1, 0.15) is 0 Å². The van der Waals surface area contributed by atoms with E-state index in [0.717, 1.165) is 18.0 Å². The zero-order valence-electron chi connectivity index (χ0n) is 10.4. The highest BCUT2D eigenvalue weighted by Crippen LogP contribution is 2.51. The summed E-state index contributed by atoms with van der Waals surface area (Å²) < 4.78 is 0. The van der Waals surface area contributed by atoms with Gasteiger partial charge in [0.05, 0.1) is 12.1 Å². The second-order valence-electron chi connectivity index (χ2n) is 5.89. The number of hydrogen-bond acceptors (Lipinski definition) is 2. The number of rotatable bonds is 3. The molecule has 3 unspecified atom stereocenters. The van der Waals surface area contributed by atoms with E-state index < -0.39 is 0 Å². The van der Waals surface area contributed by atoms with E-state index >= 15 is 0 Å². The van der Waals surface area contributed by atoms with Crippen molar-refractivity contribution in [3.8, 4) is 0 Å². The number of aliphatic hydroxyl groups is 1. The molecule has 1 aromatic carbocycles. The van der Waals surface area contributed by atoms with Gasteiger partial charge in [-0.25, -0.2) is 0 Å². The summed E-state index contributed by atoms with van der Waals surface area (Å²) in [7, 11) is 0. The number of hydrogen-bond donors (Lipinski definition) is 2. The van der Waals surface area contributed by atoms with E-state index in [1.54, 1.807) is 0 Å². The third-order valence-electron chi connectivity index (χ3n) is 4.70. The molecule has 17 heavy (non-hydrogen) atoms. The van der Waals surface area contributed by atoms with Crippen molar-refractivity contribution in [2.75, 3.05) is 11.9 Å². The molecule has 3 rings (SSSR count). The standard InChI is InChI=1S/C15H21NO/c1-11-2-6-14(7-3-11)16-15(10-17)9-12-4-5-13(15)8-12/h2-3,6-7,12-13,16-17H,4-5,8-10H2,1H3. The molecule has 2 bridgehead atoms. The Bertz CT molecular complexity index is 400. The molecule has 0 aliphatic heterocycles. The lowest BCUT2D eigenvalue weighted by Gasteiger charge is -2.38. The topological polar surface area (TPSA) is 32.3 Å². The van der Waals surface area contributed by atoms with Crippen LogP contribution >= 0.6 is 0 Å². The van der Waals surface area contributed by atoms with Crippen LogP contribution in [0.5, 0.6) is 0 Å². The Labute approximate surface area is 103 Å². The van der Waals surface area contributed by atoms with Crippen molar-refractivity contribution < 1.29 is 5.11 Å². The van der Waals surface area contributed by atoms with Gasteiger partial charge in [-0.15, -0.1) is 0 Å². The van der Waals surface area contributed by atoms with E-state index in [2.05, 4.69) is 36.5 Å². The van der Waals surface area contributed by atoms with Crippen LogP contribution < -0.4 is 5.32 Å². The van der Waals surface area contributed by atoms with Crippen molar-refractivity contribution in [2.45, 2.75) is 38.1 Å². The van der Waals surface area contributed by atoms with E-state index in [9.17, 15) is 5.11 Å². The van der Waals surface area contributed by atoms with Crippen molar-refractivity contribution in [3.05, 3.63) is 29.8 Å². The van der Waals surface area contributed by atoms with Gasteiger partial charge in [-0.1, -0.05) is 17.7 Å². The van der Waals surface area contributed by atoms with Crippen molar-refractivity contribution in [3.63, 3.8) is 0 Å². The number of benzene rings is 1. The highest BCUT2D eigenvalue weighted by molar-refractivity contribution is 5.47. The summed E-state index contributed by atoms with van der Waals surface area (Å²) in [6.45, 7) is 2.37. The average molecular weight is 231 g/mol. The molecule has 0 radical (unpaired) electrons. The Hall–Kier alpha value is -1.02. The van der Waals surface area contributed by atoms with Gasteiger partial charge >= 0.3 is 0 Å². The lowest BCUT2D eigenvalue weighted by atomic mass is 9.81. The Morgan fingerprint density at radius 3 is 2.59 bits per heavy atom. The van der Waals surface area contributed by atoms with Crippen LogP contribution in [0.2, 0.25) is 0 Å². The second-order valence-corrected chi connectivity index (χ2v) is 5.89. The SMILES string of the molecule is Cc1ccc(NC2(CO)CC3CCC2C3)cc1. The third-order valence-corrected chi connectivity index (χ3v) is 4.70. The van der Waals surface area contributed by atoms with E-state index in [1.165, 1.54) is 24.8 Å². The monoisotopic (exact) mass is 231 g/mol. The van der Waals surface area contributed by atoms with Crippen LogP contribution in [-0.2, 0) is 0 Å². The van der Waals surface area contributed by atoms with Crippen LogP contribution in [0.15, 0.2) is 24.3 Å². The Morgan fingerprint density at radius 1 is 1.29 bits per heavy atom. The van der Waals surface area contributed by atoms with Crippen LogP contribution in [0.4, 0.5) is 5.69 Å².